The van der Waals surface area contributed by atoms with Gasteiger partial charge in [-0.15, -0.1) is 0 Å². The van der Waals surface area contributed by atoms with Gasteiger partial charge in [0.1, 0.15) is 4.88 Å². The molecule has 0 aliphatic carbocycles. The van der Waals surface area contributed by atoms with E-state index in [-0.39, 0.29) is 14.1 Å². The molecule has 0 aliphatic rings. The standard InChI is InChI=1S/C13H13NO4S2/c1-3-10-11(12(15)18-2)19-13(14-10)20(16,17)9-7-5-4-6-8-9/h4-8H,3H2,1-2H3. The molecule has 0 saturated carbocycles. The van der Waals surface area contributed by atoms with Gasteiger partial charge in [-0.05, 0) is 18.6 Å². The zero-order chi connectivity index (χ0) is 14.8. The van der Waals surface area contributed by atoms with Gasteiger partial charge in [0.05, 0.1) is 17.7 Å². The number of hydrogen-bond acceptors (Lipinski definition) is 6. The quantitative estimate of drug-likeness (QED) is 0.810. The highest BCUT2D eigenvalue weighted by molar-refractivity contribution is 7.93. The van der Waals surface area contributed by atoms with Crippen LogP contribution in [0.25, 0.3) is 0 Å². The molecule has 106 valence electrons. The lowest BCUT2D eigenvalue weighted by Gasteiger charge is -1.99. The summed E-state index contributed by atoms with van der Waals surface area (Å²) < 4.78 is 29.4. The van der Waals surface area contributed by atoms with Crippen LogP contribution in [-0.2, 0) is 21.0 Å². The first-order valence-electron chi connectivity index (χ1n) is 5.88. The number of esters is 1. The van der Waals surface area contributed by atoms with Crippen LogP contribution in [0, 0.1) is 0 Å². The molecule has 0 saturated heterocycles. The second-order valence-corrected chi connectivity index (χ2v) is 7.04. The summed E-state index contributed by atoms with van der Waals surface area (Å²) in [6.07, 6.45) is 0.464. The number of aryl methyl sites for hydroxylation is 1. The highest BCUT2D eigenvalue weighted by Crippen LogP contribution is 2.28. The van der Waals surface area contributed by atoms with Crippen molar-refractivity contribution in [1.82, 2.24) is 4.98 Å². The lowest BCUT2D eigenvalue weighted by atomic mass is 10.3. The van der Waals surface area contributed by atoms with E-state index in [9.17, 15) is 13.2 Å². The molecular weight excluding hydrogens is 298 g/mol. The lowest BCUT2D eigenvalue weighted by Crippen LogP contribution is -2.02. The fourth-order valence-corrected chi connectivity index (χ4v) is 4.37. The maximum absolute atomic E-state index is 12.4. The third-order valence-corrected chi connectivity index (χ3v) is 5.89. The summed E-state index contributed by atoms with van der Waals surface area (Å²) >= 11 is 0.845. The number of aromatic nitrogens is 1. The number of thiazole rings is 1. The Kier molecular flexibility index (Phi) is 4.20. The highest BCUT2D eigenvalue weighted by Gasteiger charge is 2.26. The molecule has 2 rings (SSSR count). The van der Waals surface area contributed by atoms with Gasteiger partial charge in [-0.1, -0.05) is 36.5 Å². The molecule has 5 nitrogen and oxygen atoms in total. The molecule has 0 amide bonds. The lowest BCUT2D eigenvalue weighted by molar-refractivity contribution is 0.0605. The van der Waals surface area contributed by atoms with Gasteiger partial charge in [0, 0.05) is 0 Å². The number of nitrogens with zero attached hydrogens (tertiary/aromatic N) is 1. The second kappa shape index (κ2) is 5.72. The monoisotopic (exact) mass is 311 g/mol. The Morgan fingerprint density at radius 2 is 1.95 bits per heavy atom. The number of carbonyl (C=O) groups is 1. The topological polar surface area (TPSA) is 73.3 Å². The van der Waals surface area contributed by atoms with E-state index in [2.05, 4.69) is 9.72 Å². The van der Waals surface area contributed by atoms with Gasteiger partial charge in [-0.2, -0.15) is 0 Å². The molecule has 0 radical (unpaired) electrons. The summed E-state index contributed by atoms with van der Waals surface area (Å²) in [5.74, 6) is -0.561. The van der Waals surface area contributed by atoms with Crippen molar-refractivity contribution in [3.8, 4) is 0 Å². The van der Waals surface area contributed by atoms with Crippen molar-refractivity contribution in [2.24, 2.45) is 0 Å². The van der Waals surface area contributed by atoms with Crippen molar-refractivity contribution in [3.05, 3.63) is 40.9 Å². The van der Waals surface area contributed by atoms with Crippen LogP contribution in [-0.4, -0.2) is 26.5 Å². The minimum atomic E-state index is -3.69. The molecule has 20 heavy (non-hydrogen) atoms. The van der Waals surface area contributed by atoms with Crippen LogP contribution in [0.15, 0.2) is 39.6 Å². The van der Waals surface area contributed by atoms with Crippen molar-refractivity contribution in [3.63, 3.8) is 0 Å². The van der Waals surface area contributed by atoms with Crippen molar-refractivity contribution in [2.75, 3.05) is 7.11 Å². The minimum Gasteiger partial charge on any atom is -0.465 e. The Bertz CT molecular complexity index is 720. The molecule has 0 bridgehead atoms. The third kappa shape index (κ3) is 2.59. The molecule has 7 heteroatoms. The van der Waals surface area contributed by atoms with E-state index in [0.717, 1.165) is 11.3 Å². The number of ether oxygens (including phenoxy) is 1. The van der Waals surface area contributed by atoms with Gasteiger partial charge in [0.2, 0.25) is 14.2 Å². The van der Waals surface area contributed by atoms with Gasteiger partial charge in [-0.25, -0.2) is 18.2 Å². The van der Waals surface area contributed by atoms with E-state index < -0.39 is 15.8 Å². The van der Waals surface area contributed by atoms with Gasteiger partial charge in [0.25, 0.3) is 0 Å². The van der Waals surface area contributed by atoms with E-state index >= 15 is 0 Å². The highest BCUT2D eigenvalue weighted by atomic mass is 32.2. The first kappa shape index (κ1) is 14.7. The molecular formula is C13H13NO4S2. The molecule has 0 aliphatic heterocycles. The van der Waals surface area contributed by atoms with Crippen LogP contribution >= 0.6 is 11.3 Å². The summed E-state index contributed by atoms with van der Waals surface area (Å²) in [5.41, 5.74) is 0.441. The predicted molar refractivity (Wildman–Crippen MR) is 74.7 cm³/mol. The van der Waals surface area contributed by atoms with Crippen LogP contribution in [0.5, 0.6) is 0 Å². The van der Waals surface area contributed by atoms with E-state index in [0.29, 0.717) is 12.1 Å². The van der Waals surface area contributed by atoms with Crippen LogP contribution in [0.3, 0.4) is 0 Å². The average molecular weight is 311 g/mol. The third-order valence-electron chi connectivity index (χ3n) is 2.67. The summed E-state index contributed by atoms with van der Waals surface area (Å²) in [6, 6.07) is 8.02. The second-order valence-electron chi connectivity index (χ2n) is 3.92. The molecule has 1 heterocycles. The molecule has 0 N–H and O–H groups in total. The Labute approximate surface area is 121 Å². The number of methoxy groups -OCH3 is 1. The summed E-state index contributed by atoms with van der Waals surface area (Å²) in [7, 11) is -2.44. The minimum absolute atomic E-state index is 0.0825. The van der Waals surface area contributed by atoms with Crippen molar-refractivity contribution < 1.29 is 17.9 Å². The zero-order valence-electron chi connectivity index (χ0n) is 11.0. The summed E-state index contributed by atoms with van der Waals surface area (Å²) in [4.78, 5) is 16.1. The molecule has 0 atom stereocenters. The average Bonchev–Trinajstić information content (AvgIpc) is 2.92. The van der Waals surface area contributed by atoms with Crippen LogP contribution in [0.1, 0.15) is 22.3 Å². The normalized spacial score (nSPS) is 11.3. The van der Waals surface area contributed by atoms with E-state index in [4.69, 9.17) is 0 Å². The Hall–Kier alpha value is -1.73. The molecule has 0 unspecified atom stereocenters. The van der Waals surface area contributed by atoms with Gasteiger partial charge in [0.15, 0.2) is 0 Å². The largest absolute Gasteiger partial charge is 0.465 e. The molecule has 1 aromatic carbocycles. The first-order valence-corrected chi connectivity index (χ1v) is 8.18. The maximum Gasteiger partial charge on any atom is 0.350 e. The molecule has 0 fully saturated rings. The van der Waals surface area contributed by atoms with Gasteiger partial charge >= 0.3 is 5.97 Å². The van der Waals surface area contributed by atoms with E-state index in [1.165, 1.54) is 19.2 Å². The number of hydrogen-bond donors (Lipinski definition) is 0. The van der Waals surface area contributed by atoms with Crippen LogP contribution in [0.2, 0.25) is 0 Å². The Balaban J connectivity index is 2.54. The summed E-state index contributed by atoms with van der Waals surface area (Å²) in [6.45, 7) is 1.81. The van der Waals surface area contributed by atoms with Gasteiger partial charge < -0.3 is 4.74 Å². The molecule has 2 aromatic rings. The fourth-order valence-electron chi connectivity index (χ4n) is 1.64. The molecule has 0 spiro atoms. The zero-order valence-corrected chi connectivity index (χ0v) is 12.6. The number of rotatable bonds is 4. The number of carbonyl (C=O) groups excluding carboxylic acids is 1. The number of benzene rings is 1. The first-order chi connectivity index (χ1) is 9.50. The van der Waals surface area contributed by atoms with Gasteiger partial charge in [-0.3, -0.25) is 0 Å². The van der Waals surface area contributed by atoms with Crippen molar-refractivity contribution in [1.29, 1.82) is 0 Å². The maximum atomic E-state index is 12.4. The number of sulfone groups is 1. The predicted octanol–water partition coefficient (Wildman–Crippen LogP) is 2.32. The van der Waals surface area contributed by atoms with E-state index in [1.54, 1.807) is 25.1 Å². The van der Waals surface area contributed by atoms with Crippen LogP contribution < -0.4 is 0 Å². The van der Waals surface area contributed by atoms with Crippen molar-refractivity contribution >= 4 is 27.1 Å². The fraction of sp³-hybridized carbons (Fsp3) is 0.231. The van der Waals surface area contributed by atoms with E-state index in [1.807, 2.05) is 0 Å². The van der Waals surface area contributed by atoms with Crippen LogP contribution in [0.4, 0.5) is 0 Å². The molecule has 1 aromatic heterocycles. The Morgan fingerprint density at radius 1 is 1.30 bits per heavy atom. The smallest absolute Gasteiger partial charge is 0.350 e. The SMILES string of the molecule is CCc1nc(S(=O)(=O)c2ccccc2)sc1C(=O)OC. The van der Waals surface area contributed by atoms with Crippen molar-refractivity contribution in [2.45, 2.75) is 22.6 Å². The summed E-state index contributed by atoms with van der Waals surface area (Å²) in [5, 5.41) is 0. The Morgan fingerprint density at radius 3 is 2.50 bits per heavy atom.